The summed E-state index contributed by atoms with van der Waals surface area (Å²) >= 11 is 0. The number of para-hydroxylation sites is 2. The lowest BCUT2D eigenvalue weighted by molar-refractivity contribution is -0.121. The molecule has 1 aliphatic rings. The first-order valence-corrected chi connectivity index (χ1v) is 9.21. The van der Waals surface area contributed by atoms with Crippen LogP contribution in [0.25, 0.3) is 0 Å². The number of carbonyl (C=O) groups is 1. The van der Waals surface area contributed by atoms with Gasteiger partial charge in [0, 0.05) is 32.6 Å². The average Bonchev–Trinajstić information content (AvgIpc) is 2.68. The molecule has 138 valence electrons. The minimum Gasteiger partial charge on any atom is -0.383 e. The normalized spacial score (nSPS) is 14.1. The van der Waals surface area contributed by atoms with E-state index in [9.17, 15) is 4.79 Å². The second-order valence-corrected chi connectivity index (χ2v) is 6.50. The van der Waals surface area contributed by atoms with Crippen molar-refractivity contribution in [2.75, 3.05) is 43.1 Å². The van der Waals surface area contributed by atoms with Crippen molar-refractivity contribution in [1.29, 1.82) is 0 Å². The molecule has 0 atom stereocenters. The second-order valence-electron chi connectivity index (χ2n) is 6.50. The van der Waals surface area contributed by atoms with Crippen LogP contribution in [0, 0.1) is 6.92 Å². The fourth-order valence-electron chi connectivity index (χ4n) is 3.10. The summed E-state index contributed by atoms with van der Waals surface area (Å²) in [4.78, 5) is 14.4. The summed E-state index contributed by atoms with van der Waals surface area (Å²) < 4.78 is 5.43. The number of ether oxygens (including phenoxy) is 1. The number of nitrogens with zero attached hydrogens (tertiary/aromatic N) is 1. The monoisotopic (exact) mass is 353 g/mol. The predicted molar refractivity (Wildman–Crippen MR) is 106 cm³/mol. The maximum atomic E-state index is 12.1. The van der Waals surface area contributed by atoms with E-state index in [1.54, 1.807) is 0 Å². The maximum absolute atomic E-state index is 12.1. The second kappa shape index (κ2) is 9.25. The van der Waals surface area contributed by atoms with Crippen LogP contribution in [0.3, 0.4) is 0 Å². The van der Waals surface area contributed by atoms with Gasteiger partial charge in [-0.15, -0.1) is 0 Å². The van der Waals surface area contributed by atoms with Gasteiger partial charge >= 0.3 is 0 Å². The molecule has 0 aromatic heterocycles. The topological polar surface area (TPSA) is 53.6 Å². The van der Waals surface area contributed by atoms with Crippen molar-refractivity contribution < 1.29 is 9.53 Å². The molecule has 2 N–H and O–H groups in total. The van der Waals surface area contributed by atoms with E-state index < -0.39 is 0 Å². The smallest absolute Gasteiger partial charge is 0.222 e. The van der Waals surface area contributed by atoms with Crippen LogP contribution in [0.5, 0.6) is 0 Å². The van der Waals surface area contributed by atoms with Crippen LogP contribution in [0.15, 0.2) is 48.5 Å². The molecule has 2 aromatic rings. The highest BCUT2D eigenvalue weighted by atomic mass is 16.5. The molecule has 2 aromatic carbocycles. The van der Waals surface area contributed by atoms with Crippen LogP contribution in [0.1, 0.15) is 17.5 Å². The standard InChI is InChI=1S/C21H27N3O2/c1-17-6-2-3-7-18(17)16-23-21(25)10-11-22-19-8-4-5-9-20(19)24-12-14-26-15-13-24/h2-9,22H,10-16H2,1H3,(H,23,25). The van der Waals surface area contributed by atoms with E-state index in [1.165, 1.54) is 11.3 Å². The first kappa shape index (κ1) is 18.3. The highest BCUT2D eigenvalue weighted by molar-refractivity contribution is 5.77. The van der Waals surface area contributed by atoms with E-state index in [-0.39, 0.29) is 5.91 Å². The number of morpholine rings is 1. The maximum Gasteiger partial charge on any atom is 0.222 e. The number of benzene rings is 2. The Morgan fingerprint density at radius 1 is 1.08 bits per heavy atom. The van der Waals surface area contributed by atoms with Crippen LogP contribution in [-0.4, -0.2) is 38.8 Å². The van der Waals surface area contributed by atoms with Crippen molar-refractivity contribution in [2.45, 2.75) is 19.9 Å². The summed E-state index contributed by atoms with van der Waals surface area (Å²) in [6.45, 7) is 6.57. The largest absolute Gasteiger partial charge is 0.383 e. The Morgan fingerprint density at radius 2 is 1.81 bits per heavy atom. The molecule has 26 heavy (non-hydrogen) atoms. The lowest BCUT2D eigenvalue weighted by Gasteiger charge is -2.30. The van der Waals surface area contributed by atoms with Crippen molar-refractivity contribution in [3.8, 4) is 0 Å². The lowest BCUT2D eigenvalue weighted by Crippen LogP contribution is -2.36. The molecule has 3 rings (SSSR count). The zero-order valence-corrected chi connectivity index (χ0v) is 15.3. The minimum atomic E-state index is 0.0598. The number of hydrogen-bond acceptors (Lipinski definition) is 4. The van der Waals surface area contributed by atoms with Crippen LogP contribution in [0.2, 0.25) is 0 Å². The Bertz CT molecular complexity index is 727. The molecule has 0 bridgehead atoms. The van der Waals surface area contributed by atoms with Crippen LogP contribution in [-0.2, 0) is 16.1 Å². The molecule has 5 heteroatoms. The van der Waals surface area contributed by atoms with Gasteiger partial charge in [0.05, 0.1) is 24.6 Å². The van der Waals surface area contributed by atoms with E-state index in [4.69, 9.17) is 4.74 Å². The summed E-state index contributed by atoms with van der Waals surface area (Å²) in [5.74, 6) is 0.0598. The SMILES string of the molecule is Cc1ccccc1CNC(=O)CCNc1ccccc1N1CCOCC1. The van der Waals surface area contributed by atoms with E-state index >= 15 is 0 Å². The van der Waals surface area contributed by atoms with Gasteiger partial charge in [-0.2, -0.15) is 0 Å². The van der Waals surface area contributed by atoms with Gasteiger partial charge in [-0.1, -0.05) is 36.4 Å². The number of anilines is 2. The fourth-order valence-corrected chi connectivity index (χ4v) is 3.10. The molecular formula is C21H27N3O2. The highest BCUT2D eigenvalue weighted by Crippen LogP contribution is 2.26. The Hall–Kier alpha value is -2.53. The van der Waals surface area contributed by atoms with Crippen molar-refractivity contribution in [1.82, 2.24) is 5.32 Å². The molecule has 0 spiro atoms. The van der Waals surface area contributed by atoms with Gasteiger partial charge in [0.2, 0.25) is 5.91 Å². The third-order valence-electron chi connectivity index (χ3n) is 4.66. The number of carbonyl (C=O) groups excluding carboxylic acids is 1. The van der Waals surface area contributed by atoms with E-state index in [2.05, 4.69) is 40.7 Å². The summed E-state index contributed by atoms with van der Waals surface area (Å²) in [5, 5.41) is 6.41. The molecule has 0 aliphatic carbocycles. The molecule has 1 aliphatic heterocycles. The predicted octanol–water partition coefficient (Wildman–Crippen LogP) is 2.95. The number of amides is 1. The van der Waals surface area contributed by atoms with Gasteiger partial charge in [-0.05, 0) is 30.2 Å². The van der Waals surface area contributed by atoms with Gasteiger partial charge in [0.25, 0.3) is 0 Å². The van der Waals surface area contributed by atoms with Gasteiger partial charge in [-0.3, -0.25) is 4.79 Å². The molecule has 1 amide bonds. The Morgan fingerprint density at radius 3 is 2.62 bits per heavy atom. The molecule has 1 fully saturated rings. The Balaban J connectivity index is 1.47. The Labute approximate surface area is 155 Å². The van der Waals surface area contributed by atoms with E-state index in [0.29, 0.717) is 19.5 Å². The average molecular weight is 353 g/mol. The number of rotatable bonds is 7. The van der Waals surface area contributed by atoms with Crippen molar-refractivity contribution in [3.05, 3.63) is 59.7 Å². The van der Waals surface area contributed by atoms with Gasteiger partial charge in [-0.25, -0.2) is 0 Å². The van der Waals surface area contributed by atoms with Crippen LogP contribution in [0.4, 0.5) is 11.4 Å². The summed E-state index contributed by atoms with van der Waals surface area (Å²) in [6, 6.07) is 16.4. The Kier molecular flexibility index (Phi) is 6.50. The third-order valence-corrected chi connectivity index (χ3v) is 4.66. The summed E-state index contributed by atoms with van der Waals surface area (Å²) in [7, 11) is 0. The van der Waals surface area contributed by atoms with Crippen molar-refractivity contribution in [2.24, 2.45) is 0 Å². The molecule has 0 saturated carbocycles. The number of hydrogen-bond donors (Lipinski definition) is 2. The fraction of sp³-hybridized carbons (Fsp3) is 0.381. The molecular weight excluding hydrogens is 326 g/mol. The molecule has 5 nitrogen and oxygen atoms in total. The summed E-state index contributed by atoms with van der Waals surface area (Å²) in [5.41, 5.74) is 4.61. The quantitative estimate of drug-likeness (QED) is 0.804. The van der Waals surface area contributed by atoms with Crippen LogP contribution >= 0.6 is 0 Å². The number of aryl methyl sites for hydroxylation is 1. The van der Waals surface area contributed by atoms with Gasteiger partial charge in [0.15, 0.2) is 0 Å². The van der Waals surface area contributed by atoms with Gasteiger partial charge < -0.3 is 20.3 Å². The lowest BCUT2D eigenvalue weighted by atomic mass is 10.1. The van der Waals surface area contributed by atoms with Crippen molar-refractivity contribution >= 4 is 17.3 Å². The van der Waals surface area contributed by atoms with Gasteiger partial charge in [0.1, 0.15) is 0 Å². The minimum absolute atomic E-state index is 0.0598. The molecule has 0 radical (unpaired) electrons. The highest BCUT2D eigenvalue weighted by Gasteiger charge is 2.14. The molecule has 1 saturated heterocycles. The van der Waals surface area contributed by atoms with E-state index in [1.807, 2.05) is 30.3 Å². The van der Waals surface area contributed by atoms with E-state index in [0.717, 1.165) is 37.6 Å². The summed E-state index contributed by atoms with van der Waals surface area (Å²) in [6.07, 6.45) is 0.448. The zero-order chi connectivity index (χ0) is 18.2. The third kappa shape index (κ3) is 4.99. The first-order valence-electron chi connectivity index (χ1n) is 9.21. The van der Waals surface area contributed by atoms with Crippen molar-refractivity contribution in [3.63, 3.8) is 0 Å². The number of nitrogens with one attached hydrogen (secondary N) is 2. The van der Waals surface area contributed by atoms with Crippen LogP contribution < -0.4 is 15.5 Å². The first-order chi connectivity index (χ1) is 12.7. The molecule has 1 heterocycles. The molecule has 0 unspecified atom stereocenters. The zero-order valence-electron chi connectivity index (χ0n) is 15.3.